The van der Waals surface area contributed by atoms with Gasteiger partial charge in [0, 0.05) is 0 Å². The van der Waals surface area contributed by atoms with Crippen molar-refractivity contribution in [3.8, 4) is 0 Å². The molecule has 5 heteroatoms. The van der Waals surface area contributed by atoms with Crippen LogP contribution in [0.2, 0.25) is 10.0 Å². The van der Waals surface area contributed by atoms with E-state index in [-0.39, 0.29) is 81.3 Å². The van der Waals surface area contributed by atoms with Crippen LogP contribution in [0.1, 0.15) is 31.9 Å². The Kier molecular flexibility index (Phi) is 8.19. The van der Waals surface area contributed by atoms with Crippen molar-refractivity contribution < 1.29 is 78.4 Å². The second-order valence-electron chi connectivity index (χ2n) is 4.37. The SMILES string of the molecule is C[C@H](OC1C[C@@H](C)[CH-]O1)c1ccc(Cl)c(Cl)c1.[Cs+]. The number of rotatable bonds is 3. The Morgan fingerprint density at radius 3 is 2.67 bits per heavy atom. The van der Waals surface area contributed by atoms with E-state index in [4.69, 9.17) is 32.7 Å². The molecular formula is C13H15Cl2CsO2. The first-order valence-corrected chi connectivity index (χ1v) is 6.41. The average Bonchev–Trinajstić information content (AvgIpc) is 2.68. The van der Waals surface area contributed by atoms with Gasteiger partial charge >= 0.3 is 68.9 Å². The molecule has 18 heavy (non-hydrogen) atoms. The van der Waals surface area contributed by atoms with Crippen LogP contribution < -0.4 is 68.9 Å². The van der Waals surface area contributed by atoms with Gasteiger partial charge in [0.15, 0.2) is 0 Å². The minimum Gasteiger partial charge on any atom is -0.529 e. The van der Waals surface area contributed by atoms with Crippen molar-refractivity contribution in [2.45, 2.75) is 32.7 Å². The van der Waals surface area contributed by atoms with Gasteiger partial charge in [-0.25, -0.2) is 6.61 Å². The molecule has 1 saturated heterocycles. The van der Waals surface area contributed by atoms with Crippen molar-refractivity contribution in [2.24, 2.45) is 5.92 Å². The van der Waals surface area contributed by atoms with E-state index in [2.05, 4.69) is 6.92 Å². The maximum absolute atomic E-state index is 5.97. The summed E-state index contributed by atoms with van der Waals surface area (Å²) in [5.41, 5.74) is 1.00. The second-order valence-corrected chi connectivity index (χ2v) is 5.18. The standard InChI is InChI=1S/C13H15Cl2O2.Cs/c1-8-5-13(16-7-8)17-9(2)10-3-4-11(14)12(15)6-10;/h3-4,6-9,13H,5H2,1-2H3;/q-1;+1/t8-,9+,13?;/m1./s1. The Labute approximate surface area is 177 Å². The van der Waals surface area contributed by atoms with Gasteiger partial charge in [0.1, 0.15) is 6.29 Å². The van der Waals surface area contributed by atoms with Crippen molar-refractivity contribution in [3.63, 3.8) is 0 Å². The fraction of sp³-hybridized carbons (Fsp3) is 0.462. The fourth-order valence-corrected chi connectivity index (χ4v) is 2.10. The Morgan fingerprint density at radius 2 is 2.11 bits per heavy atom. The van der Waals surface area contributed by atoms with E-state index >= 15 is 0 Å². The third kappa shape index (κ3) is 4.95. The fourth-order valence-electron chi connectivity index (χ4n) is 1.80. The van der Waals surface area contributed by atoms with Gasteiger partial charge < -0.3 is 9.47 Å². The van der Waals surface area contributed by atoms with Crippen LogP contribution in [0.4, 0.5) is 0 Å². The number of hydrogen-bond donors (Lipinski definition) is 0. The third-order valence-corrected chi connectivity index (χ3v) is 3.53. The molecule has 1 aliphatic rings. The van der Waals surface area contributed by atoms with E-state index in [9.17, 15) is 0 Å². The second kappa shape index (κ2) is 8.27. The van der Waals surface area contributed by atoms with Crippen LogP contribution in [0.15, 0.2) is 18.2 Å². The van der Waals surface area contributed by atoms with Crippen molar-refractivity contribution in [1.29, 1.82) is 0 Å². The molecule has 94 valence electrons. The van der Waals surface area contributed by atoms with Gasteiger partial charge in [-0.3, -0.25) is 0 Å². The summed E-state index contributed by atoms with van der Waals surface area (Å²) in [5.74, 6) is 0.445. The molecule has 1 aliphatic heterocycles. The smallest absolute Gasteiger partial charge is 0.529 e. The van der Waals surface area contributed by atoms with Crippen molar-refractivity contribution >= 4 is 23.2 Å². The summed E-state index contributed by atoms with van der Waals surface area (Å²) in [6.45, 7) is 5.91. The number of halogens is 2. The summed E-state index contributed by atoms with van der Waals surface area (Å²) in [6.07, 6.45) is 0.675. The number of hydrogen-bond acceptors (Lipinski definition) is 2. The quantitative estimate of drug-likeness (QED) is 0.710. The maximum atomic E-state index is 5.97. The van der Waals surface area contributed by atoms with Crippen LogP contribution in [0.25, 0.3) is 0 Å². The summed E-state index contributed by atoms with van der Waals surface area (Å²) in [7, 11) is 0. The first-order valence-electron chi connectivity index (χ1n) is 5.65. The largest absolute Gasteiger partial charge is 1.00 e. The van der Waals surface area contributed by atoms with E-state index in [0.29, 0.717) is 16.0 Å². The predicted octanol–water partition coefficient (Wildman–Crippen LogP) is 1.62. The number of benzene rings is 1. The molecule has 1 heterocycles. The van der Waals surface area contributed by atoms with Crippen LogP contribution in [-0.4, -0.2) is 6.29 Å². The van der Waals surface area contributed by atoms with E-state index in [1.807, 2.05) is 25.7 Å². The van der Waals surface area contributed by atoms with Gasteiger partial charge in [-0.15, -0.1) is 5.92 Å². The Hall–Kier alpha value is 1.77. The molecule has 0 N–H and O–H groups in total. The molecule has 0 aliphatic carbocycles. The molecule has 3 atom stereocenters. The first kappa shape index (κ1) is 17.8. The monoisotopic (exact) mass is 406 g/mol. The van der Waals surface area contributed by atoms with Gasteiger partial charge in [-0.2, -0.15) is 0 Å². The molecule has 0 aromatic heterocycles. The molecular weight excluding hydrogens is 392 g/mol. The minimum absolute atomic E-state index is 0. The van der Waals surface area contributed by atoms with Gasteiger partial charge in [0.2, 0.25) is 0 Å². The van der Waals surface area contributed by atoms with Crippen LogP contribution >= 0.6 is 23.2 Å². The average molecular weight is 407 g/mol. The van der Waals surface area contributed by atoms with E-state index in [0.717, 1.165) is 12.0 Å². The molecule has 1 fully saturated rings. The van der Waals surface area contributed by atoms with Crippen LogP contribution in [0, 0.1) is 12.5 Å². The zero-order chi connectivity index (χ0) is 12.4. The Morgan fingerprint density at radius 1 is 1.39 bits per heavy atom. The molecule has 2 rings (SSSR count). The maximum Gasteiger partial charge on any atom is 1.00 e. The van der Waals surface area contributed by atoms with Gasteiger partial charge in [0.25, 0.3) is 0 Å². The van der Waals surface area contributed by atoms with E-state index in [1.54, 1.807) is 6.07 Å². The van der Waals surface area contributed by atoms with E-state index < -0.39 is 0 Å². The Bertz CT molecular complexity index is 401. The zero-order valence-corrected chi connectivity index (χ0v) is 18.6. The molecule has 1 aromatic carbocycles. The molecule has 0 bridgehead atoms. The van der Waals surface area contributed by atoms with Gasteiger partial charge in [-0.05, 0) is 31.0 Å². The summed E-state index contributed by atoms with van der Waals surface area (Å²) in [4.78, 5) is 0. The molecule has 0 amide bonds. The summed E-state index contributed by atoms with van der Waals surface area (Å²) in [5, 5.41) is 1.11. The van der Waals surface area contributed by atoms with Gasteiger partial charge in [-0.1, -0.05) is 36.2 Å². The molecule has 0 radical (unpaired) electrons. The summed E-state index contributed by atoms with van der Waals surface area (Å²) in [6, 6.07) is 5.53. The molecule has 0 spiro atoms. The van der Waals surface area contributed by atoms with Crippen molar-refractivity contribution in [2.75, 3.05) is 0 Å². The van der Waals surface area contributed by atoms with Crippen LogP contribution in [0.5, 0.6) is 0 Å². The van der Waals surface area contributed by atoms with Crippen LogP contribution in [0.3, 0.4) is 0 Å². The number of ether oxygens (including phenoxy) is 2. The third-order valence-electron chi connectivity index (χ3n) is 2.80. The molecule has 0 saturated carbocycles. The summed E-state index contributed by atoms with van der Waals surface area (Å²) < 4.78 is 11.2. The van der Waals surface area contributed by atoms with Crippen molar-refractivity contribution in [3.05, 3.63) is 40.4 Å². The van der Waals surface area contributed by atoms with Crippen molar-refractivity contribution in [1.82, 2.24) is 0 Å². The molecule has 1 unspecified atom stereocenters. The topological polar surface area (TPSA) is 18.5 Å². The molecule has 1 aromatic rings. The zero-order valence-electron chi connectivity index (χ0n) is 10.8. The molecule has 2 nitrogen and oxygen atoms in total. The summed E-state index contributed by atoms with van der Waals surface area (Å²) >= 11 is 11.8. The minimum atomic E-state index is -0.158. The van der Waals surface area contributed by atoms with E-state index in [1.165, 1.54) is 0 Å². The first-order chi connectivity index (χ1) is 8.06. The predicted molar refractivity (Wildman–Crippen MR) is 68.9 cm³/mol. The normalized spacial score (nSPS) is 24.7. The van der Waals surface area contributed by atoms with Crippen LogP contribution in [-0.2, 0) is 9.47 Å². The van der Waals surface area contributed by atoms with Gasteiger partial charge in [0.05, 0.1) is 16.1 Å². The Balaban J connectivity index is 0.00000162.